The van der Waals surface area contributed by atoms with Gasteiger partial charge >= 0.3 is 0 Å². The van der Waals surface area contributed by atoms with Crippen molar-refractivity contribution < 1.29 is 8.83 Å². The van der Waals surface area contributed by atoms with Crippen LogP contribution in [0.5, 0.6) is 0 Å². The molecule has 0 atom stereocenters. The third kappa shape index (κ3) is 5.67. The smallest absolute Gasteiger partial charge is 0.164 e. The Hall–Kier alpha value is -8.15. The summed E-state index contributed by atoms with van der Waals surface area (Å²) in [6, 6.07) is 69.2. The van der Waals surface area contributed by atoms with Crippen LogP contribution in [-0.2, 0) is 0 Å². The van der Waals surface area contributed by atoms with Gasteiger partial charge in [0.2, 0.25) is 0 Å². The van der Waals surface area contributed by atoms with E-state index < -0.39 is 0 Å². The largest absolute Gasteiger partial charge is 0.456 e. The first-order valence-corrected chi connectivity index (χ1v) is 20.1. The van der Waals surface area contributed by atoms with Crippen molar-refractivity contribution in [3.8, 4) is 67.5 Å². The Morgan fingerprint density at radius 1 is 0.267 bits per heavy atom. The summed E-state index contributed by atoms with van der Waals surface area (Å²) in [4.78, 5) is 15.6. The van der Waals surface area contributed by atoms with Gasteiger partial charge in [-0.1, -0.05) is 170 Å². The maximum Gasteiger partial charge on any atom is 0.164 e. The van der Waals surface area contributed by atoms with Gasteiger partial charge in [0.15, 0.2) is 17.5 Å². The number of hydrogen-bond donors (Lipinski definition) is 0. The lowest BCUT2D eigenvalue weighted by Crippen LogP contribution is -2.00. The van der Waals surface area contributed by atoms with Crippen LogP contribution in [0, 0.1) is 0 Å². The molecule has 3 aromatic heterocycles. The molecule has 12 aromatic rings. The highest BCUT2D eigenvalue weighted by molar-refractivity contribution is 6.20. The average molecular weight is 768 g/mol. The summed E-state index contributed by atoms with van der Waals surface area (Å²) in [5, 5.41) is 6.20. The molecular weight excluding hydrogens is 735 g/mol. The Kier molecular flexibility index (Phi) is 7.78. The second kappa shape index (κ2) is 13.8. The van der Waals surface area contributed by atoms with Gasteiger partial charge in [-0.15, -0.1) is 0 Å². The fraction of sp³-hybridized carbons (Fsp3) is 0. The normalized spacial score (nSPS) is 11.7. The van der Waals surface area contributed by atoms with Gasteiger partial charge in [0.05, 0.1) is 0 Å². The van der Waals surface area contributed by atoms with Crippen molar-refractivity contribution in [1.29, 1.82) is 0 Å². The van der Waals surface area contributed by atoms with Crippen molar-refractivity contribution in [2.24, 2.45) is 0 Å². The van der Waals surface area contributed by atoms with E-state index in [4.69, 9.17) is 23.8 Å². The van der Waals surface area contributed by atoms with Gasteiger partial charge in [0.1, 0.15) is 22.3 Å². The number of nitrogens with zero attached hydrogens (tertiary/aromatic N) is 3. The molecule has 0 aliphatic heterocycles. The van der Waals surface area contributed by atoms with Crippen LogP contribution in [0.25, 0.3) is 122 Å². The molecule has 0 radical (unpaired) electrons. The van der Waals surface area contributed by atoms with E-state index in [1.165, 1.54) is 0 Å². The minimum atomic E-state index is 0.590. The van der Waals surface area contributed by atoms with E-state index in [2.05, 4.69) is 170 Å². The number of hydrogen-bond acceptors (Lipinski definition) is 5. The summed E-state index contributed by atoms with van der Waals surface area (Å²) in [5.41, 5.74) is 12.9. The Morgan fingerprint density at radius 2 is 0.767 bits per heavy atom. The van der Waals surface area contributed by atoms with Crippen LogP contribution in [-0.4, -0.2) is 15.0 Å². The summed E-state index contributed by atoms with van der Waals surface area (Å²) in [6.45, 7) is 0. The summed E-state index contributed by atoms with van der Waals surface area (Å²) in [5.74, 6) is 1.80. The van der Waals surface area contributed by atoms with Crippen LogP contribution in [0.4, 0.5) is 0 Å². The van der Waals surface area contributed by atoms with Crippen LogP contribution < -0.4 is 0 Å². The third-order valence-corrected chi connectivity index (χ3v) is 11.6. The highest BCUT2D eigenvalue weighted by Crippen LogP contribution is 2.43. The summed E-state index contributed by atoms with van der Waals surface area (Å²) < 4.78 is 13.0. The molecule has 0 N–H and O–H groups in total. The first-order valence-electron chi connectivity index (χ1n) is 20.1. The van der Waals surface area contributed by atoms with Crippen molar-refractivity contribution in [3.63, 3.8) is 0 Å². The summed E-state index contributed by atoms with van der Waals surface area (Å²) in [7, 11) is 0. The molecule has 0 amide bonds. The lowest BCUT2D eigenvalue weighted by molar-refractivity contribution is 0.669. The number of aromatic nitrogens is 3. The number of benzene rings is 9. The molecule has 0 fully saturated rings. The maximum atomic E-state index is 6.70. The van der Waals surface area contributed by atoms with Crippen LogP contribution in [0.1, 0.15) is 0 Å². The standard InChI is InChI=1S/C55H33N3O2/c1-3-12-34(13-4-1)36-22-26-38(27-23-36)53-56-54(39-28-24-37(25-29-39)35-14-5-2-6-15-35)58-55(57-53)47-33-46-45-32-40(30-31-49(45)60-52(46)43-17-8-7-16-42(43)47)41-19-11-21-50-51(41)44-18-9-10-20-48(44)59-50/h1-33H. The molecular formula is C55H33N3O2. The molecule has 60 heavy (non-hydrogen) atoms. The van der Waals surface area contributed by atoms with Gasteiger partial charge in [-0.3, -0.25) is 0 Å². The predicted octanol–water partition coefficient (Wildman–Crippen LogP) is 14.8. The summed E-state index contributed by atoms with van der Waals surface area (Å²) in [6.07, 6.45) is 0. The van der Waals surface area contributed by atoms with Crippen molar-refractivity contribution in [2.45, 2.75) is 0 Å². The van der Waals surface area contributed by atoms with Gasteiger partial charge in [-0.05, 0) is 69.1 Å². The molecule has 280 valence electrons. The molecule has 12 rings (SSSR count). The molecule has 0 aliphatic rings. The molecule has 0 saturated carbocycles. The predicted molar refractivity (Wildman–Crippen MR) is 245 cm³/mol. The van der Waals surface area contributed by atoms with E-state index in [1.54, 1.807) is 0 Å². The molecule has 0 bridgehead atoms. The van der Waals surface area contributed by atoms with E-state index in [1.807, 2.05) is 30.3 Å². The molecule has 0 spiro atoms. The second-order valence-electron chi connectivity index (χ2n) is 15.1. The molecule has 3 heterocycles. The Labute approximate surface area is 344 Å². The van der Waals surface area contributed by atoms with Crippen molar-refractivity contribution >= 4 is 54.6 Å². The zero-order valence-corrected chi connectivity index (χ0v) is 32.2. The number of furan rings is 2. The Bertz CT molecular complexity index is 3470. The minimum Gasteiger partial charge on any atom is -0.456 e. The number of fused-ring (bicyclic) bond motifs is 8. The van der Waals surface area contributed by atoms with E-state index in [0.29, 0.717) is 17.5 Å². The highest BCUT2D eigenvalue weighted by atomic mass is 16.3. The minimum absolute atomic E-state index is 0.590. The van der Waals surface area contributed by atoms with Crippen LogP contribution in [0.15, 0.2) is 209 Å². The fourth-order valence-corrected chi connectivity index (χ4v) is 8.61. The first-order chi connectivity index (χ1) is 29.7. The SMILES string of the molecule is c1ccc(-c2ccc(-c3nc(-c4ccc(-c5ccccc5)cc4)nc(-c4cc5c6cc(-c7cccc8oc9ccccc9c78)ccc6oc5c5ccccc45)n3)cc2)cc1. The van der Waals surface area contributed by atoms with Gasteiger partial charge < -0.3 is 8.83 Å². The van der Waals surface area contributed by atoms with E-state index >= 15 is 0 Å². The quantitative estimate of drug-likeness (QED) is 0.169. The van der Waals surface area contributed by atoms with Crippen molar-refractivity contribution in [2.75, 3.05) is 0 Å². The maximum absolute atomic E-state index is 6.70. The van der Waals surface area contributed by atoms with Gasteiger partial charge in [-0.2, -0.15) is 0 Å². The lowest BCUT2D eigenvalue weighted by atomic mass is 9.96. The topological polar surface area (TPSA) is 65.0 Å². The fourth-order valence-electron chi connectivity index (χ4n) is 8.61. The first kappa shape index (κ1) is 33.9. The number of para-hydroxylation sites is 1. The molecule has 0 saturated heterocycles. The monoisotopic (exact) mass is 767 g/mol. The Morgan fingerprint density at radius 3 is 1.43 bits per heavy atom. The van der Waals surface area contributed by atoms with Crippen LogP contribution >= 0.6 is 0 Å². The van der Waals surface area contributed by atoms with Crippen LogP contribution in [0.3, 0.4) is 0 Å². The summed E-state index contributed by atoms with van der Waals surface area (Å²) >= 11 is 0. The van der Waals surface area contributed by atoms with E-state index in [0.717, 1.165) is 105 Å². The molecule has 5 heteroatoms. The van der Waals surface area contributed by atoms with Crippen molar-refractivity contribution in [3.05, 3.63) is 200 Å². The molecule has 0 aliphatic carbocycles. The van der Waals surface area contributed by atoms with Crippen LogP contribution in [0.2, 0.25) is 0 Å². The lowest BCUT2D eigenvalue weighted by Gasteiger charge is -2.12. The molecule has 0 unspecified atom stereocenters. The highest BCUT2D eigenvalue weighted by Gasteiger charge is 2.20. The van der Waals surface area contributed by atoms with Gasteiger partial charge in [0.25, 0.3) is 0 Å². The van der Waals surface area contributed by atoms with Gasteiger partial charge in [-0.25, -0.2) is 15.0 Å². The molecule has 9 aromatic carbocycles. The van der Waals surface area contributed by atoms with E-state index in [-0.39, 0.29) is 0 Å². The average Bonchev–Trinajstić information content (AvgIpc) is 3.90. The van der Waals surface area contributed by atoms with Crippen molar-refractivity contribution in [1.82, 2.24) is 15.0 Å². The molecule has 5 nitrogen and oxygen atoms in total. The second-order valence-corrected chi connectivity index (χ2v) is 15.1. The zero-order chi connectivity index (χ0) is 39.6. The Balaban J connectivity index is 1.05. The zero-order valence-electron chi connectivity index (χ0n) is 32.2. The van der Waals surface area contributed by atoms with Gasteiger partial charge in [0, 0.05) is 43.6 Å². The van der Waals surface area contributed by atoms with E-state index in [9.17, 15) is 0 Å². The number of rotatable bonds is 6. The third-order valence-electron chi connectivity index (χ3n) is 11.6.